The Morgan fingerprint density at radius 3 is 2.94 bits per heavy atom. The number of aromatic nitrogens is 4. The van der Waals surface area contributed by atoms with Crippen molar-refractivity contribution < 1.29 is 9.53 Å². The topological polar surface area (TPSA) is 100 Å². The highest BCUT2D eigenvalue weighted by molar-refractivity contribution is 5.82. The predicted octanol–water partition coefficient (Wildman–Crippen LogP) is 2.29. The van der Waals surface area contributed by atoms with Gasteiger partial charge in [0.05, 0.1) is 36.1 Å². The van der Waals surface area contributed by atoms with Gasteiger partial charge < -0.3 is 25.2 Å². The second kappa shape index (κ2) is 10.0. The first-order valence-electron chi connectivity index (χ1n) is 11.8. The maximum absolute atomic E-state index is 12.7. The lowest BCUT2D eigenvalue weighted by atomic mass is 9.93. The molecule has 4 heterocycles. The number of ether oxygens (including phenoxy) is 1. The maximum atomic E-state index is 12.7. The van der Waals surface area contributed by atoms with E-state index < -0.39 is 5.41 Å². The van der Waals surface area contributed by atoms with Crippen LogP contribution in [-0.4, -0.2) is 88.4 Å². The SMILES string of the molecule is Cc1nn(C2CCN(C)C2)cc1Nc1nccc(NCCCN2CCOCC(C)(C)C2=O)n1. The highest BCUT2D eigenvalue weighted by atomic mass is 16.5. The van der Waals surface area contributed by atoms with Crippen molar-refractivity contribution in [1.29, 1.82) is 0 Å². The van der Waals surface area contributed by atoms with E-state index in [0.29, 0.717) is 44.8 Å². The molecule has 4 rings (SSSR count). The molecule has 10 nitrogen and oxygen atoms in total. The van der Waals surface area contributed by atoms with E-state index in [9.17, 15) is 4.79 Å². The van der Waals surface area contributed by atoms with Crippen LogP contribution in [-0.2, 0) is 9.53 Å². The van der Waals surface area contributed by atoms with Crippen LogP contribution in [0, 0.1) is 12.3 Å². The zero-order valence-electron chi connectivity index (χ0n) is 20.2. The summed E-state index contributed by atoms with van der Waals surface area (Å²) in [6.07, 6.45) is 5.73. The van der Waals surface area contributed by atoms with Crippen molar-refractivity contribution in [1.82, 2.24) is 29.5 Å². The first kappa shape index (κ1) is 23.4. The molecule has 2 saturated heterocycles. The molecule has 2 N–H and O–H groups in total. The second-order valence-electron chi connectivity index (χ2n) is 9.71. The van der Waals surface area contributed by atoms with E-state index in [2.05, 4.69) is 42.3 Å². The summed E-state index contributed by atoms with van der Waals surface area (Å²) in [6, 6.07) is 2.26. The third kappa shape index (κ3) is 5.80. The third-order valence-corrected chi connectivity index (χ3v) is 6.30. The predicted molar refractivity (Wildman–Crippen MR) is 128 cm³/mol. The van der Waals surface area contributed by atoms with Crippen LogP contribution in [0.2, 0.25) is 0 Å². The van der Waals surface area contributed by atoms with E-state index in [0.717, 1.165) is 43.1 Å². The smallest absolute Gasteiger partial charge is 0.230 e. The number of hydrogen-bond acceptors (Lipinski definition) is 8. The number of aryl methyl sites for hydroxylation is 1. The van der Waals surface area contributed by atoms with Crippen LogP contribution in [0.4, 0.5) is 17.5 Å². The number of rotatable bonds is 8. The highest BCUT2D eigenvalue weighted by Gasteiger charge is 2.34. The van der Waals surface area contributed by atoms with E-state index >= 15 is 0 Å². The second-order valence-corrected chi connectivity index (χ2v) is 9.71. The number of carbonyl (C=O) groups excluding carboxylic acids is 1. The molecule has 0 radical (unpaired) electrons. The standard InChI is InChI=1S/C23H36N8O2/c1-17-19(15-31(28-17)18-7-11-29(4)14-18)26-22-25-9-6-20(27-22)24-8-5-10-30-12-13-33-16-23(2,3)21(30)32/h6,9,15,18H,5,7-8,10-14,16H2,1-4H3,(H2,24,25,26,27). The van der Waals surface area contributed by atoms with Crippen LogP contribution in [0.15, 0.2) is 18.5 Å². The molecule has 2 aliphatic rings. The molecule has 1 amide bonds. The van der Waals surface area contributed by atoms with Crippen molar-refractivity contribution in [2.45, 2.75) is 39.7 Å². The molecule has 0 bridgehead atoms. The van der Waals surface area contributed by atoms with Gasteiger partial charge in [-0.05, 0) is 53.3 Å². The van der Waals surface area contributed by atoms with Crippen molar-refractivity contribution in [3.05, 3.63) is 24.2 Å². The summed E-state index contributed by atoms with van der Waals surface area (Å²) in [5, 5.41) is 11.3. The Morgan fingerprint density at radius 1 is 1.30 bits per heavy atom. The number of nitrogens with zero attached hydrogens (tertiary/aromatic N) is 6. The molecule has 0 saturated carbocycles. The quantitative estimate of drug-likeness (QED) is 0.584. The number of anilines is 3. The minimum atomic E-state index is -0.462. The molecule has 2 aromatic heterocycles. The minimum Gasteiger partial charge on any atom is -0.379 e. The van der Waals surface area contributed by atoms with Gasteiger partial charge in [-0.15, -0.1) is 0 Å². The van der Waals surface area contributed by atoms with Gasteiger partial charge >= 0.3 is 0 Å². The van der Waals surface area contributed by atoms with Crippen molar-refractivity contribution in [2.75, 3.05) is 63.6 Å². The lowest BCUT2D eigenvalue weighted by molar-refractivity contribution is -0.139. The van der Waals surface area contributed by atoms with Gasteiger partial charge in [0.15, 0.2) is 0 Å². The minimum absolute atomic E-state index is 0.161. The van der Waals surface area contributed by atoms with Crippen molar-refractivity contribution in [3.8, 4) is 0 Å². The first-order chi connectivity index (χ1) is 15.8. The van der Waals surface area contributed by atoms with E-state index in [1.807, 2.05) is 37.9 Å². The Balaban J connectivity index is 1.29. The van der Waals surface area contributed by atoms with Crippen LogP contribution in [0.3, 0.4) is 0 Å². The average Bonchev–Trinajstić information content (AvgIpc) is 3.34. The summed E-state index contributed by atoms with van der Waals surface area (Å²) in [7, 11) is 2.14. The molecular formula is C23H36N8O2. The van der Waals surface area contributed by atoms with Gasteiger partial charge in [0.25, 0.3) is 0 Å². The molecular weight excluding hydrogens is 420 g/mol. The molecule has 0 spiro atoms. The van der Waals surface area contributed by atoms with E-state index in [4.69, 9.17) is 4.74 Å². The maximum Gasteiger partial charge on any atom is 0.230 e. The molecule has 1 atom stereocenters. The molecule has 2 fully saturated rings. The zero-order chi connectivity index (χ0) is 23.4. The summed E-state index contributed by atoms with van der Waals surface area (Å²) in [6.45, 7) is 11.1. The number of amides is 1. The van der Waals surface area contributed by atoms with Crippen LogP contribution in [0.5, 0.6) is 0 Å². The van der Waals surface area contributed by atoms with Gasteiger partial charge in [-0.3, -0.25) is 9.48 Å². The monoisotopic (exact) mass is 456 g/mol. The van der Waals surface area contributed by atoms with Gasteiger partial charge in [-0.25, -0.2) is 4.98 Å². The number of nitrogens with one attached hydrogen (secondary N) is 2. The Kier molecular flexibility index (Phi) is 7.14. The number of likely N-dealkylation sites (N-methyl/N-ethyl adjacent to an activating group) is 1. The Hall–Kier alpha value is -2.72. The van der Waals surface area contributed by atoms with E-state index in [1.54, 1.807) is 6.20 Å². The van der Waals surface area contributed by atoms with Crippen LogP contribution in [0.25, 0.3) is 0 Å². The lowest BCUT2D eigenvalue weighted by Crippen LogP contribution is -2.42. The number of carbonyl (C=O) groups is 1. The average molecular weight is 457 g/mol. The molecule has 0 aliphatic carbocycles. The largest absolute Gasteiger partial charge is 0.379 e. The van der Waals surface area contributed by atoms with Gasteiger partial charge in [-0.1, -0.05) is 0 Å². The molecule has 33 heavy (non-hydrogen) atoms. The molecule has 2 aromatic rings. The highest BCUT2D eigenvalue weighted by Crippen LogP contribution is 2.25. The van der Waals surface area contributed by atoms with Gasteiger partial charge in [0.1, 0.15) is 5.82 Å². The van der Waals surface area contributed by atoms with Crippen molar-refractivity contribution in [2.24, 2.45) is 5.41 Å². The van der Waals surface area contributed by atoms with Gasteiger partial charge in [-0.2, -0.15) is 10.1 Å². The molecule has 1 unspecified atom stereocenters. The van der Waals surface area contributed by atoms with Crippen molar-refractivity contribution in [3.63, 3.8) is 0 Å². The van der Waals surface area contributed by atoms with Gasteiger partial charge in [0, 0.05) is 38.6 Å². The fourth-order valence-electron chi connectivity index (χ4n) is 4.35. The fourth-order valence-corrected chi connectivity index (χ4v) is 4.35. The molecule has 180 valence electrons. The third-order valence-electron chi connectivity index (χ3n) is 6.30. The summed E-state index contributed by atoms with van der Waals surface area (Å²) >= 11 is 0. The Labute approximate surface area is 195 Å². The molecule has 0 aromatic carbocycles. The van der Waals surface area contributed by atoms with Crippen molar-refractivity contribution >= 4 is 23.4 Å². The molecule has 2 aliphatic heterocycles. The number of likely N-dealkylation sites (tertiary alicyclic amines) is 1. The van der Waals surface area contributed by atoms with Crippen LogP contribution >= 0.6 is 0 Å². The Morgan fingerprint density at radius 2 is 2.15 bits per heavy atom. The molecule has 10 heteroatoms. The zero-order valence-corrected chi connectivity index (χ0v) is 20.2. The van der Waals surface area contributed by atoms with E-state index in [1.165, 1.54) is 0 Å². The normalized spacial score (nSPS) is 21.3. The summed E-state index contributed by atoms with van der Waals surface area (Å²) in [4.78, 5) is 25.8. The Bertz CT molecular complexity index is 960. The van der Waals surface area contributed by atoms with Crippen LogP contribution < -0.4 is 10.6 Å². The summed E-state index contributed by atoms with van der Waals surface area (Å²) in [5.74, 6) is 1.45. The number of hydrogen-bond donors (Lipinski definition) is 2. The first-order valence-corrected chi connectivity index (χ1v) is 11.8. The van der Waals surface area contributed by atoms with Crippen LogP contribution in [0.1, 0.15) is 38.4 Å². The van der Waals surface area contributed by atoms with E-state index in [-0.39, 0.29) is 5.91 Å². The summed E-state index contributed by atoms with van der Waals surface area (Å²) < 4.78 is 7.64. The summed E-state index contributed by atoms with van der Waals surface area (Å²) in [5.41, 5.74) is 1.39. The lowest BCUT2D eigenvalue weighted by Gasteiger charge is -2.27. The fraction of sp³-hybridized carbons (Fsp3) is 0.652. The van der Waals surface area contributed by atoms with Gasteiger partial charge in [0.2, 0.25) is 11.9 Å².